The Morgan fingerprint density at radius 3 is 0.677 bits per heavy atom. The van der Waals surface area contributed by atoms with Crippen LogP contribution in [0, 0.1) is 0 Å². The molecule has 0 heterocycles. The molecule has 19 heteroatoms. The fourth-order valence-electron chi connectivity index (χ4n) is 1.69. The van der Waals surface area contributed by atoms with Gasteiger partial charge in [-0.25, -0.2) is 8.78 Å². The monoisotopic (exact) mass is 506 g/mol. The van der Waals surface area contributed by atoms with E-state index in [1.54, 1.807) is 0 Å². The van der Waals surface area contributed by atoms with Gasteiger partial charge in [-0.15, -0.1) is 0 Å². The van der Waals surface area contributed by atoms with Crippen LogP contribution in [-0.2, 0) is 4.74 Å². The second kappa shape index (κ2) is 7.28. The summed E-state index contributed by atoms with van der Waals surface area (Å²) in [5.74, 6) is -21.8. The minimum atomic E-state index is -7.68. The van der Waals surface area contributed by atoms with Gasteiger partial charge in [0.1, 0.15) is 0 Å². The minimum absolute atomic E-state index is 1.49. The summed E-state index contributed by atoms with van der Waals surface area (Å²) in [5.41, 5.74) is -15.4. The lowest BCUT2D eigenvalue weighted by Gasteiger charge is -2.39. The van der Waals surface area contributed by atoms with E-state index in [9.17, 15) is 79.0 Å². The standard InChI is InChI=1S/C12H4F18O/c1-3(5(13,14)7(17,9(19,20)21)10(22,23)24)31-4(2)6(15,16)8(18,11(25,26)27)12(28,29)30/h1-2H2. The van der Waals surface area contributed by atoms with Crippen LogP contribution in [0.2, 0.25) is 0 Å². The van der Waals surface area contributed by atoms with Crippen molar-refractivity contribution in [1.29, 1.82) is 0 Å². The molecule has 0 atom stereocenters. The van der Waals surface area contributed by atoms with Crippen molar-refractivity contribution in [2.75, 3.05) is 0 Å². The molecule has 0 aromatic rings. The third kappa shape index (κ3) is 4.10. The average Bonchev–Trinajstić information content (AvgIpc) is 2.48. The molecule has 0 N–H and O–H groups in total. The van der Waals surface area contributed by atoms with Crippen molar-refractivity contribution >= 4 is 0 Å². The van der Waals surface area contributed by atoms with Gasteiger partial charge in [-0.05, 0) is 0 Å². The zero-order chi connectivity index (χ0) is 25.9. The van der Waals surface area contributed by atoms with Crippen molar-refractivity contribution < 1.29 is 83.8 Å². The maximum atomic E-state index is 13.5. The van der Waals surface area contributed by atoms with E-state index < -0.39 is 59.4 Å². The molecule has 0 fully saturated rings. The topological polar surface area (TPSA) is 9.23 Å². The lowest BCUT2D eigenvalue weighted by atomic mass is 9.93. The van der Waals surface area contributed by atoms with Gasteiger partial charge in [0, 0.05) is 0 Å². The Morgan fingerprint density at radius 1 is 0.387 bits per heavy atom. The third-order valence-corrected chi connectivity index (χ3v) is 3.37. The molecular weight excluding hydrogens is 502 g/mol. The molecular formula is C12H4F18O. The van der Waals surface area contributed by atoms with Crippen LogP contribution in [0.15, 0.2) is 24.7 Å². The molecule has 0 rings (SSSR count). The van der Waals surface area contributed by atoms with Gasteiger partial charge < -0.3 is 4.74 Å². The van der Waals surface area contributed by atoms with Crippen LogP contribution in [0.25, 0.3) is 0 Å². The number of rotatable bonds is 6. The molecule has 0 saturated heterocycles. The zero-order valence-corrected chi connectivity index (χ0v) is 13.6. The molecule has 0 aromatic carbocycles. The fraction of sp³-hybridized carbons (Fsp3) is 0.667. The summed E-state index contributed by atoms with van der Waals surface area (Å²) in [7, 11) is 0. The van der Waals surface area contributed by atoms with E-state index in [0.717, 1.165) is 0 Å². The molecule has 1 nitrogen and oxygen atoms in total. The number of alkyl halides is 18. The highest BCUT2D eigenvalue weighted by molar-refractivity contribution is 5.23. The van der Waals surface area contributed by atoms with Crippen molar-refractivity contribution in [3.05, 3.63) is 24.7 Å². The van der Waals surface area contributed by atoms with Crippen LogP contribution in [0.4, 0.5) is 79.0 Å². The van der Waals surface area contributed by atoms with Crippen LogP contribution in [0.5, 0.6) is 0 Å². The van der Waals surface area contributed by atoms with Crippen molar-refractivity contribution in [2.24, 2.45) is 0 Å². The van der Waals surface area contributed by atoms with E-state index in [1.807, 2.05) is 0 Å². The summed E-state index contributed by atoms with van der Waals surface area (Å²) in [4.78, 5) is 0. The summed E-state index contributed by atoms with van der Waals surface area (Å²) in [5, 5.41) is 0. The SMILES string of the molecule is C=C(OC(=C)C(F)(F)C(F)(C(F)(F)F)C(F)(F)F)C(F)(F)C(F)(C(F)(F)F)C(F)(F)F. The summed E-state index contributed by atoms with van der Waals surface area (Å²) < 4.78 is 231. The maximum Gasteiger partial charge on any atom is 0.438 e. The Labute approximate surface area is 157 Å². The van der Waals surface area contributed by atoms with E-state index in [1.165, 1.54) is 13.2 Å². The minimum Gasteiger partial charge on any atom is -0.454 e. The van der Waals surface area contributed by atoms with Gasteiger partial charge in [-0.2, -0.15) is 70.2 Å². The molecule has 31 heavy (non-hydrogen) atoms. The number of hydrogen-bond acceptors (Lipinski definition) is 1. The Hall–Kier alpha value is -1.98. The molecule has 0 unspecified atom stereocenters. The summed E-state index contributed by atoms with van der Waals surface area (Å²) in [6, 6.07) is 0. The fourth-order valence-corrected chi connectivity index (χ4v) is 1.69. The number of ether oxygens (including phenoxy) is 1. The molecule has 0 saturated carbocycles. The van der Waals surface area contributed by atoms with Crippen molar-refractivity contribution in [1.82, 2.24) is 0 Å². The van der Waals surface area contributed by atoms with Crippen LogP contribution >= 0.6 is 0 Å². The first-order valence-electron chi connectivity index (χ1n) is 6.52. The van der Waals surface area contributed by atoms with Gasteiger partial charge in [-0.1, -0.05) is 13.2 Å². The normalized spacial score (nSPS) is 15.7. The van der Waals surface area contributed by atoms with Crippen LogP contribution in [0.3, 0.4) is 0 Å². The number of halogens is 18. The molecule has 0 aromatic heterocycles. The lowest BCUT2D eigenvalue weighted by molar-refractivity contribution is -0.397. The van der Waals surface area contributed by atoms with Crippen molar-refractivity contribution in [3.8, 4) is 0 Å². The lowest BCUT2D eigenvalue weighted by Crippen LogP contribution is -2.66. The molecule has 0 bridgehead atoms. The van der Waals surface area contributed by atoms with Gasteiger partial charge in [0.2, 0.25) is 0 Å². The summed E-state index contributed by atoms with van der Waals surface area (Å²) in [6.45, 7) is 2.98. The number of hydrogen-bond donors (Lipinski definition) is 0. The highest BCUT2D eigenvalue weighted by atomic mass is 19.4. The quantitative estimate of drug-likeness (QED) is 0.280. The van der Waals surface area contributed by atoms with Gasteiger partial charge in [0.15, 0.2) is 11.5 Å². The third-order valence-electron chi connectivity index (χ3n) is 3.37. The average molecular weight is 506 g/mol. The Bertz CT molecular complexity index is 613. The van der Waals surface area contributed by atoms with Crippen molar-refractivity contribution in [3.63, 3.8) is 0 Å². The first-order chi connectivity index (χ1) is 13.0. The Balaban J connectivity index is 6.44. The molecule has 0 aliphatic carbocycles. The van der Waals surface area contributed by atoms with E-state index >= 15 is 0 Å². The molecule has 0 aliphatic rings. The second-order valence-electron chi connectivity index (χ2n) is 5.41. The molecule has 0 spiro atoms. The molecule has 0 aliphatic heterocycles. The van der Waals surface area contributed by atoms with Gasteiger partial charge in [-0.3, -0.25) is 0 Å². The van der Waals surface area contributed by atoms with Gasteiger partial charge >= 0.3 is 47.9 Å². The predicted molar refractivity (Wildman–Crippen MR) is 61.2 cm³/mol. The number of allylic oxidation sites excluding steroid dienone is 2. The van der Waals surface area contributed by atoms with E-state index in [-0.39, 0.29) is 0 Å². The maximum absolute atomic E-state index is 13.5. The van der Waals surface area contributed by atoms with E-state index in [2.05, 4.69) is 4.74 Å². The van der Waals surface area contributed by atoms with Crippen molar-refractivity contribution in [2.45, 2.75) is 47.9 Å². The Kier molecular flexibility index (Phi) is 6.81. The second-order valence-corrected chi connectivity index (χ2v) is 5.41. The van der Waals surface area contributed by atoms with Crippen LogP contribution < -0.4 is 0 Å². The summed E-state index contributed by atoms with van der Waals surface area (Å²) in [6.07, 6.45) is -30.4. The Morgan fingerprint density at radius 2 is 0.548 bits per heavy atom. The largest absolute Gasteiger partial charge is 0.454 e. The molecule has 0 amide bonds. The molecule has 0 radical (unpaired) electrons. The van der Waals surface area contributed by atoms with Gasteiger partial charge in [0.25, 0.3) is 0 Å². The zero-order valence-electron chi connectivity index (χ0n) is 13.6. The first kappa shape index (κ1) is 29.0. The highest BCUT2D eigenvalue weighted by Gasteiger charge is 2.87. The summed E-state index contributed by atoms with van der Waals surface area (Å²) >= 11 is 0. The van der Waals surface area contributed by atoms with Crippen LogP contribution in [-0.4, -0.2) is 47.9 Å². The molecule has 184 valence electrons. The smallest absolute Gasteiger partial charge is 0.438 e. The predicted octanol–water partition coefficient (Wildman–Crippen LogP) is 6.97. The van der Waals surface area contributed by atoms with Gasteiger partial charge in [0.05, 0.1) is 0 Å². The highest BCUT2D eigenvalue weighted by Crippen LogP contribution is 2.59. The van der Waals surface area contributed by atoms with Crippen LogP contribution in [0.1, 0.15) is 0 Å². The first-order valence-corrected chi connectivity index (χ1v) is 6.52. The van der Waals surface area contributed by atoms with E-state index in [0.29, 0.717) is 0 Å². The van der Waals surface area contributed by atoms with E-state index in [4.69, 9.17) is 0 Å².